The Labute approximate surface area is 129 Å². The van der Waals surface area contributed by atoms with E-state index < -0.39 is 18.4 Å². The summed E-state index contributed by atoms with van der Waals surface area (Å²) in [5, 5.41) is 12.1. The Morgan fingerprint density at radius 2 is 1.68 bits per heavy atom. The van der Waals surface area contributed by atoms with E-state index in [1.165, 1.54) is 19.3 Å². The molecule has 0 spiro atoms. The van der Waals surface area contributed by atoms with Crippen LogP contribution in [0.5, 0.6) is 0 Å². The highest BCUT2D eigenvalue weighted by Gasteiger charge is 2.57. The molecule has 1 heterocycles. The molecule has 1 unspecified atom stereocenters. The average Bonchev–Trinajstić information content (AvgIpc) is 2.41. The summed E-state index contributed by atoms with van der Waals surface area (Å²) in [5.41, 5.74) is -0.0523. The maximum atomic E-state index is 12.8. The summed E-state index contributed by atoms with van der Waals surface area (Å²) in [5.74, 6) is 0.269. The molecule has 1 atom stereocenters. The number of hydrogen-bond donors (Lipinski definition) is 2. The third-order valence-electron chi connectivity index (χ3n) is 6.26. The van der Waals surface area contributed by atoms with E-state index in [9.17, 15) is 14.4 Å². The first-order valence-corrected chi connectivity index (χ1v) is 8.26. The zero-order chi connectivity index (χ0) is 15.5. The molecule has 4 aliphatic carbocycles. The molecule has 0 aromatic carbocycles. The number of aliphatic carboxylic acids is 1. The number of hydrogen-bond acceptors (Lipinski definition) is 4. The number of amides is 2. The molecular formula is C16H22N2O4. The van der Waals surface area contributed by atoms with Crippen molar-refractivity contribution >= 4 is 17.8 Å². The molecule has 5 aliphatic rings. The van der Waals surface area contributed by atoms with Gasteiger partial charge in [-0.1, -0.05) is 0 Å². The van der Waals surface area contributed by atoms with Crippen molar-refractivity contribution in [1.29, 1.82) is 0 Å². The summed E-state index contributed by atoms with van der Waals surface area (Å²) in [6.07, 6.45) is 7.03. The number of nitrogens with one attached hydrogen (secondary N) is 1. The number of imide groups is 1. The van der Waals surface area contributed by atoms with Gasteiger partial charge in [-0.15, -0.1) is 0 Å². The molecule has 4 saturated carbocycles. The number of carboxylic acids is 1. The van der Waals surface area contributed by atoms with Gasteiger partial charge >= 0.3 is 5.97 Å². The minimum atomic E-state index is -1.13. The monoisotopic (exact) mass is 306 g/mol. The SMILES string of the molecule is O=C(O)CN1C(=O)CNC(C23CC4CC(CC(C4)C2)C3)C1=O. The Hall–Kier alpha value is -1.43. The molecule has 0 radical (unpaired) electrons. The van der Waals surface area contributed by atoms with E-state index in [0.29, 0.717) is 17.8 Å². The second-order valence-corrected chi connectivity index (χ2v) is 7.81. The van der Waals surface area contributed by atoms with Crippen LogP contribution in [0.3, 0.4) is 0 Å². The molecule has 2 amide bonds. The van der Waals surface area contributed by atoms with Crippen molar-refractivity contribution < 1.29 is 19.5 Å². The predicted octanol–water partition coefficient (Wildman–Crippen LogP) is 0.614. The lowest BCUT2D eigenvalue weighted by Gasteiger charge is -2.59. The molecule has 5 rings (SSSR count). The second kappa shape index (κ2) is 4.78. The topological polar surface area (TPSA) is 86.7 Å². The van der Waals surface area contributed by atoms with Gasteiger partial charge in [-0.2, -0.15) is 0 Å². The summed E-state index contributed by atoms with van der Waals surface area (Å²) in [6.45, 7) is -0.437. The minimum absolute atomic E-state index is 0.0523. The van der Waals surface area contributed by atoms with E-state index in [1.807, 2.05) is 0 Å². The molecule has 120 valence electrons. The Balaban J connectivity index is 1.60. The Kier molecular flexibility index (Phi) is 3.08. The molecule has 22 heavy (non-hydrogen) atoms. The standard InChI is InChI=1S/C16H22N2O4/c19-12-7-17-14(15(22)18(12)8-13(20)21)16-4-9-1-10(5-16)3-11(2-9)6-16/h9-11,14,17H,1-8H2,(H,20,21). The number of carbonyl (C=O) groups is 3. The van der Waals surface area contributed by atoms with Gasteiger partial charge < -0.3 is 5.11 Å². The average molecular weight is 306 g/mol. The van der Waals surface area contributed by atoms with Gasteiger partial charge in [0.25, 0.3) is 0 Å². The molecule has 4 bridgehead atoms. The van der Waals surface area contributed by atoms with Crippen LogP contribution in [0.4, 0.5) is 0 Å². The Morgan fingerprint density at radius 3 is 2.18 bits per heavy atom. The highest BCUT2D eigenvalue weighted by atomic mass is 16.4. The zero-order valence-electron chi connectivity index (χ0n) is 12.6. The van der Waals surface area contributed by atoms with Crippen LogP contribution in [0.25, 0.3) is 0 Å². The predicted molar refractivity (Wildman–Crippen MR) is 76.8 cm³/mol. The van der Waals surface area contributed by atoms with Crippen molar-refractivity contribution in [2.75, 3.05) is 13.1 Å². The van der Waals surface area contributed by atoms with Gasteiger partial charge in [0.2, 0.25) is 11.8 Å². The van der Waals surface area contributed by atoms with Gasteiger partial charge in [0, 0.05) is 0 Å². The van der Waals surface area contributed by atoms with Crippen molar-refractivity contribution in [1.82, 2.24) is 10.2 Å². The van der Waals surface area contributed by atoms with Crippen LogP contribution >= 0.6 is 0 Å². The maximum Gasteiger partial charge on any atom is 0.323 e. The van der Waals surface area contributed by atoms with Crippen LogP contribution in [0.1, 0.15) is 38.5 Å². The van der Waals surface area contributed by atoms with Crippen LogP contribution in [0.15, 0.2) is 0 Å². The van der Waals surface area contributed by atoms with E-state index >= 15 is 0 Å². The van der Waals surface area contributed by atoms with Gasteiger partial charge in [-0.25, -0.2) is 0 Å². The van der Waals surface area contributed by atoms with Crippen LogP contribution < -0.4 is 5.32 Å². The summed E-state index contributed by atoms with van der Waals surface area (Å²) in [7, 11) is 0. The molecule has 6 heteroatoms. The lowest BCUT2D eigenvalue weighted by molar-refractivity contribution is -0.162. The van der Waals surface area contributed by atoms with E-state index in [1.54, 1.807) is 0 Å². The molecule has 2 N–H and O–H groups in total. The zero-order valence-corrected chi connectivity index (χ0v) is 12.6. The van der Waals surface area contributed by atoms with E-state index in [4.69, 9.17) is 5.11 Å². The summed E-state index contributed by atoms with van der Waals surface area (Å²) < 4.78 is 0. The highest BCUT2D eigenvalue weighted by molar-refractivity contribution is 6.03. The molecule has 5 fully saturated rings. The van der Waals surface area contributed by atoms with Gasteiger partial charge in [0.05, 0.1) is 12.6 Å². The number of piperazine rings is 1. The van der Waals surface area contributed by atoms with Crippen molar-refractivity contribution in [3.05, 3.63) is 0 Å². The fraction of sp³-hybridized carbons (Fsp3) is 0.812. The van der Waals surface area contributed by atoms with Gasteiger partial charge in [-0.3, -0.25) is 24.6 Å². The smallest absolute Gasteiger partial charge is 0.323 e. The lowest BCUT2D eigenvalue weighted by Crippen LogP contribution is -2.67. The summed E-state index contributed by atoms with van der Waals surface area (Å²) in [6, 6.07) is -0.377. The first-order chi connectivity index (χ1) is 10.5. The Morgan fingerprint density at radius 1 is 1.14 bits per heavy atom. The van der Waals surface area contributed by atoms with E-state index in [-0.39, 0.29) is 23.9 Å². The van der Waals surface area contributed by atoms with Gasteiger partial charge in [-0.05, 0) is 61.7 Å². The van der Waals surface area contributed by atoms with Crippen LogP contribution in [0.2, 0.25) is 0 Å². The van der Waals surface area contributed by atoms with E-state index in [0.717, 1.165) is 24.2 Å². The van der Waals surface area contributed by atoms with Gasteiger partial charge in [0.15, 0.2) is 0 Å². The van der Waals surface area contributed by atoms with E-state index in [2.05, 4.69) is 5.32 Å². The quantitative estimate of drug-likeness (QED) is 0.746. The molecule has 0 aromatic rings. The lowest BCUT2D eigenvalue weighted by atomic mass is 9.47. The van der Waals surface area contributed by atoms with Crippen molar-refractivity contribution in [3.8, 4) is 0 Å². The minimum Gasteiger partial charge on any atom is -0.480 e. The number of nitrogens with zero attached hydrogens (tertiary/aromatic N) is 1. The number of carboxylic acid groups (broad SMARTS) is 1. The molecule has 1 aliphatic heterocycles. The first-order valence-electron chi connectivity index (χ1n) is 8.26. The first kappa shape index (κ1) is 14.2. The molecule has 1 saturated heterocycles. The number of rotatable bonds is 3. The second-order valence-electron chi connectivity index (χ2n) is 7.81. The third-order valence-corrected chi connectivity index (χ3v) is 6.26. The van der Waals surface area contributed by atoms with Crippen LogP contribution in [-0.4, -0.2) is 46.9 Å². The fourth-order valence-electron chi connectivity index (χ4n) is 5.96. The molecule has 6 nitrogen and oxygen atoms in total. The fourth-order valence-corrected chi connectivity index (χ4v) is 5.96. The summed E-state index contributed by atoms with van der Waals surface area (Å²) in [4.78, 5) is 36.6. The largest absolute Gasteiger partial charge is 0.480 e. The Bertz CT molecular complexity index is 509. The van der Waals surface area contributed by atoms with Crippen molar-refractivity contribution in [2.45, 2.75) is 44.6 Å². The normalized spacial score (nSPS) is 43.7. The summed E-state index contributed by atoms with van der Waals surface area (Å²) >= 11 is 0. The maximum absolute atomic E-state index is 12.8. The highest BCUT2D eigenvalue weighted by Crippen LogP contribution is 2.61. The molecular weight excluding hydrogens is 284 g/mol. The van der Waals surface area contributed by atoms with Crippen molar-refractivity contribution in [3.63, 3.8) is 0 Å². The third kappa shape index (κ3) is 2.07. The van der Waals surface area contributed by atoms with Crippen molar-refractivity contribution in [2.24, 2.45) is 23.2 Å². The van der Waals surface area contributed by atoms with Crippen LogP contribution in [0, 0.1) is 23.2 Å². The number of carbonyl (C=O) groups excluding carboxylic acids is 2. The van der Waals surface area contributed by atoms with Gasteiger partial charge in [0.1, 0.15) is 6.54 Å². The van der Waals surface area contributed by atoms with Crippen LogP contribution in [-0.2, 0) is 14.4 Å². The molecule has 0 aromatic heterocycles.